The highest BCUT2D eigenvalue weighted by atomic mass is 16.5. The largest absolute Gasteiger partial charge is 0.472 e. The number of ether oxygens (including phenoxy) is 1. The molecule has 2 aliphatic rings. The molecule has 7 nitrogen and oxygen atoms in total. The zero-order valence-electron chi connectivity index (χ0n) is 17.7. The van der Waals surface area contributed by atoms with Crippen molar-refractivity contribution in [2.24, 2.45) is 11.8 Å². The summed E-state index contributed by atoms with van der Waals surface area (Å²) in [7, 11) is 1.80. The molecule has 0 aromatic carbocycles. The van der Waals surface area contributed by atoms with E-state index in [-0.39, 0.29) is 48.3 Å². The number of fused-ring (bicyclic) bond motifs is 1. The van der Waals surface area contributed by atoms with Crippen LogP contribution in [-0.2, 0) is 4.79 Å². The second-order valence-electron chi connectivity index (χ2n) is 8.24. The predicted molar refractivity (Wildman–Crippen MR) is 110 cm³/mol. The summed E-state index contributed by atoms with van der Waals surface area (Å²) in [6.07, 6.45) is 7.05. The van der Waals surface area contributed by atoms with Crippen LogP contribution in [0.25, 0.3) is 6.08 Å². The molecule has 1 aromatic rings. The maximum absolute atomic E-state index is 13.2. The third-order valence-electron chi connectivity index (χ3n) is 5.66. The summed E-state index contributed by atoms with van der Waals surface area (Å²) < 4.78 is 6.20. The second-order valence-corrected chi connectivity index (χ2v) is 8.24. The van der Waals surface area contributed by atoms with Gasteiger partial charge in [0, 0.05) is 31.6 Å². The van der Waals surface area contributed by atoms with Gasteiger partial charge in [-0.3, -0.25) is 9.59 Å². The Morgan fingerprint density at radius 3 is 2.83 bits per heavy atom. The molecule has 29 heavy (non-hydrogen) atoms. The highest BCUT2D eigenvalue weighted by molar-refractivity contribution is 5.97. The Morgan fingerprint density at radius 2 is 2.21 bits per heavy atom. The zero-order chi connectivity index (χ0) is 21.1. The second kappa shape index (κ2) is 8.95. The van der Waals surface area contributed by atoms with Gasteiger partial charge in [-0.25, -0.2) is 4.98 Å². The number of pyridine rings is 1. The summed E-state index contributed by atoms with van der Waals surface area (Å²) in [5, 5.41) is 9.69. The number of carbonyl (C=O) groups is 2. The van der Waals surface area contributed by atoms with Crippen LogP contribution in [0, 0.1) is 11.8 Å². The maximum atomic E-state index is 13.2. The molecule has 1 aromatic heterocycles. The third kappa shape index (κ3) is 4.78. The zero-order valence-corrected chi connectivity index (χ0v) is 17.7. The molecule has 0 bridgehead atoms. The van der Waals surface area contributed by atoms with Crippen molar-refractivity contribution in [3.8, 4) is 5.88 Å². The van der Waals surface area contributed by atoms with Gasteiger partial charge in [0.15, 0.2) is 0 Å². The third-order valence-corrected chi connectivity index (χ3v) is 5.66. The van der Waals surface area contributed by atoms with Crippen molar-refractivity contribution >= 4 is 17.9 Å². The van der Waals surface area contributed by atoms with Gasteiger partial charge < -0.3 is 19.6 Å². The molecule has 1 saturated carbocycles. The Labute approximate surface area is 172 Å². The number of nitrogens with zero attached hydrogens (tertiary/aromatic N) is 3. The van der Waals surface area contributed by atoms with Crippen molar-refractivity contribution in [2.45, 2.75) is 45.8 Å². The summed E-state index contributed by atoms with van der Waals surface area (Å²) in [4.78, 5) is 33.5. The molecular formula is C22H31N3O4. The quantitative estimate of drug-likeness (QED) is 0.790. The lowest BCUT2D eigenvalue weighted by molar-refractivity contribution is -0.132. The Hall–Kier alpha value is -2.41. The molecule has 3 rings (SSSR count). The number of likely N-dealkylation sites (N-methyl/N-ethyl adjacent to an activating group) is 1. The Balaban J connectivity index is 1.93. The van der Waals surface area contributed by atoms with Gasteiger partial charge in [-0.15, -0.1) is 0 Å². The van der Waals surface area contributed by atoms with E-state index >= 15 is 0 Å². The lowest BCUT2D eigenvalue weighted by Gasteiger charge is -2.37. The number of aromatic nitrogens is 1. The van der Waals surface area contributed by atoms with Crippen molar-refractivity contribution in [1.82, 2.24) is 14.8 Å². The standard InChI is InChI=1S/C22H31N3O4/c1-5-6-16-9-18-20(23-10-16)29-19(12-24(4)21(27)17-7-8-17)14(2)11-25(22(18)28)15(3)13-26/h5-6,9-10,14-15,17,19,26H,7-8,11-13H2,1-4H3/b6-5+/t14-,15+,19+/m1/s1. The van der Waals surface area contributed by atoms with Crippen molar-refractivity contribution in [3.63, 3.8) is 0 Å². The van der Waals surface area contributed by atoms with E-state index in [1.165, 1.54) is 0 Å². The topological polar surface area (TPSA) is 83.0 Å². The summed E-state index contributed by atoms with van der Waals surface area (Å²) >= 11 is 0. The Morgan fingerprint density at radius 1 is 1.48 bits per heavy atom. The molecule has 1 aliphatic heterocycles. The van der Waals surface area contributed by atoms with Crippen LogP contribution in [0.5, 0.6) is 5.88 Å². The number of hydrogen-bond acceptors (Lipinski definition) is 5. The molecule has 0 spiro atoms. The van der Waals surface area contributed by atoms with E-state index in [0.717, 1.165) is 18.4 Å². The number of carbonyl (C=O) groups excluding carboxylic acids is 2. The fourth-order valence-electron chi connectivity index (χ4n) is 3.62. The van der Waals surface area contributed by atoms with Crippen LogP contribution < -0.4 is 4.74 Å². The van der Waals surface area contributed by atoms with E-state index < -0.39 is 0 Å². The van der Waals surface area contributed by atoms with E-state index in [4.69, 9.17) is 4.74 Å². The van der Waals surface area contributed by atoms with Gasteiger partial charge in [-0.05, 0) is 38.3 Å². The van der Waals surface area contributed by atoms with Gasteiger partial charge in [0.2, 0.25) is 11.8 Å². The van der Waals surface area contributed by atoms with Crippen LogP contribution in [0.2, 0.25) is 0 Å². The number of amides is 2. The van der Waals surface area contributed by atoms with Crippen LogP contribution in [-0.4, -0.2) is 70.6 Å². The number of aliphatic hydroxyl groups is 1. The molecule has 0 radical (unpaired) electrons. The monoisotopic (exact) mass is 401 g/mol. The minimum absolute atomic E-state index is 0.0347. The average Bonchev–Trinajstić information content (AvgIpc) is 3.55. The van der Waals surface area contributed by atoms with Crippen LogP contribution in [0.1, 0.15) is 49.5 Å². The average molecular weight is 402 g/mol. The summed E-state index contributed by atoms with van der Waals surface area (Å²) in [6, 6.07) is 1.45. The first kappa shape index (κ1) is 21.3. The van der Waals surface area contributed by atoms with Crippen LogP contribution in [0.15, 0.2) is 18.3 Å². The molecule has 0 unspecified atom stereocenters. The lowest BCUT2D eigenvalue weighted by Crippen LogP contribution is -2.50. The van der Waals surface area contributed by atoms with Gasteiger partial charge in [0.05, 0.1) is 19.2 Å². The van der Waals surface area contributed by atoms with Crippen LogP contribution in [0.4, 0.5) is 0 Å². The summed E-state index contributed by atoms with van der Waals surface area (Å²) in [5.41, 5.74) is 1.19. The van der Waals surface area contributed by atoms with Crippen molar-refractivity contribution < 1.29 is 19.4 Å². The molecule has 1 fully saturated rings. The Kier molecular flexibility index (Phi) is 6.57. The fourth-order valence-corrected chi connectivity index (χ4v) is 3.62. The first-order valence-electron chi connectivity index (χ1n) is 10.3. The van der Waals surface area contributed by atoms with E-state index in [2.05, 4.69) is 4.98 Å². The Bertz CT molecular complexity index is 790. The van der Waals surface area contributed by atoms with Crippen molar-refractivity contribution in [3.05, 3.63) is 29.5 Å². The van der Waals surface area contributed by atoms with E-state index in [9.17, 15) is 14.7 Å². The first-order valence-corrected chi connectivity index (χ1v) is 10.3. The van der Waals surface area contributed by atoms with Crippen molar-refractivity contribution in [1.29, 1.82) is 0 Å². The normalized spacial score (nSPS) is 23.2. The molecule has 0 saturated heterocycles. The van der Waals surface area contributed by atoms with E-state index in [1.807, 2.05) is 32.9 Å². The van der Waals surface area contributed by atoms with Gasteiger partial charge in [0.1, 0.15) is 11.7 Å². The van der Waals surface area contributed by atoms with Crippen LogP contribution in [0.3, 0.4) is 0 Å². The minimum atomic E-state index is -0.326. The van der Waals surface area contributed by atoms with Crippen molar-refractivity contribution in [2.75, 3.05) is 26.7 Å². The first-order chi connectivity index (χ1) is 13.8. The minimum Gasteiger partial charge on any atom is -0.472 e. The van der Waals surface area contributed by atoms with Crippen LogP contribution >= 0.6 is 0 Å². The molecule has 1 aliphatic carbocycles. The lowest BCUT2D eigenvalue weighted by atomic mass is 9.99. The number of aliphatic hydroxyl groups excluding tert-OH is 1. The number of allylic oxidation sites excluding steroid dienone is 1. The molecule has 1 N–H and O–H groups in total. The molecule has 158 valence electrons. The molecule has 7 heteroatoms. The molecular weight excluding hydrogens is 370 g/mol. The fraction of sp³-hybridized carbons (Fsp3) is 0.591. The van der Waals surface area contributed by atoms with Gasteiger partial charge in [-0.1, -0.05) is 19.1 Å². The predicted octanol–water partition coefficient (Wildman–Crippen LogP) is 2.20. The highest BCUT2D eigenvalue weighted by Gasteiger charge is 2.37. The number of rotatable bonds is 6. The molecule has 3 atom stereocenters. The molecule has 2 heterocycles. The van der Waals surface area contributed by atoms with Gasteiger partial charge in [-0.2, -0.15) is 0 Å². The van der Waals surface area contributed by atoms with Gasteiger partial charge >= 0.3 is 0 Å². The SMILES string of the molecule is C/C=C/c1cnc2c(c1)C(=O)N([C@@H](C)CO)C[C@@H](C)[C@H](CN(C)C(=O)C1CC1)O2. The smallest absolute Gasteiger partial charge is 0.259 e. The highest BCUT2D eigenvalue weighted by Crippen LogP contribution is 2.32. The van der Waals surface area contributed by atoms with E-state index in [1.54, 1.807) is 29.1 Å². The van der Waals surface area contributed by atoms with E-state index in [0.29, 0.717) is 18.7 Å². The van der Waals surface area contributed by atoms with Gasteiger partial charge in [0.25, 0.3) is 5.91 Å². The number of hydrogen-bond donors (Lipinski definition) is 1. The summed E-state index contributed by atoms with van der Waals surface area (Å²) in [5.74, 6) is 0.337. The maximum Gasteiger partial charge on any atom is 0.259 e. The summed E-state index contributed by atoms with van der Waals surface area (Å²) in [6.45, 7) is 6.48. The molecule has 2 amide bonds.